The molecule has 3 aromatic carbocycles. The average molecular weight is 397 g/mol. The summed E-state index contributed by atoms with van der Waals surface area (Å²) in [7, 11) is 0. The van der Waals surface area contributed by atoms with E-state index >= 15 is 0 Å². The Hall–Kier alpha value is -3.66. The lowest BCUT2D eigenvalue weighted by Crippen LogP contribution is -2.29. The fourth-order valence-electron chi connectivity index (χ4n) is 4.01. The summed E-state index contributed by atoms with van der Waals surface area (Å²) in [4.78, 5) is 27.8. The number of aryl methyl sites for hydroxylation is 3. The highest BCUT2D eigenvalue weighted by molar-refractivity contribution is 6.51. The van der Waals surface area contributed by atoms with Gasteiger partial charge in [-0.15, -0.1) is 0 Å². The number of ketones is 1. The van der Waals surface area contributed by atoms with Crippen molar-refractivity contribution < 1.29 is 14.7 Å². The Labute approximate surface area is 176 Å². The molecule has 4 heteroatoms. The number of carbonyl (C=O) groups is 2. The fraction of sp³-hybridized carbons (Fsp3) is 0.154. The van der Waals surface area contributed by atoms with Crippen LogP contribution in [0.1, 0.15) is 33.9 Å². The minimum absolute atomic E-state index is 0.106. The largest absolute Gasteiger partial charge is 0.507 e. The van der Waals surface area contributed by atoms with E-state index in [-0.39, 0.29) is 11.3 Å². The molecule has 1 aliphatic rings. The van der Waals surface area contributed by atoms with Gasteiger partial charge in [-0.05, 0) is 49.6 Å². The molecule has 1 unspecified atom stereocenters. The maximum absolute atomic E-state index is 13.1. The van der Waals surface area contributed by atoms with Crippen LogP contribution in [0.4, 0.5) is 5.69 Å². The summed E-state index contributed by atoms with van der Waals surface area (Å²) in [5, 5.41) is 11.1. The summed E-state index contributed by atoms with van der Waals surface area (Å²) in [6, 6.07) is 21.7. The first kappa shape index (κ1) is 19.6. The molecule has 4 nitrogen and oxygen atoms in total. The number of benzene rings is 3. The third-order valence-corrected chi connectivity index (χ3v) is 5.37. The van der Waals surface area contributed by atoms with E-state index in [1.165, 1.54) is 4.90 Å². The van der Waals surface area contributed by atoms with E-state index in [1.807, 2.05) is 81.4 Å². The van der Waals surface area contributed by atoms with Crippen molar-refractivity contribution in [3.05, 3.63) is 106 Å². The standard InChI is InChI=1S/C26H23NO3/c1-16-9-11-20(12-10-16)24(28)22-23(19-7-5-4-6-8-19)27(26(30)25(22)29)21-14-17(2)13-18(3)15-21/h4-15,23,28H,1-3H3/b24-22+. The van der Waals surface area contributed by atoms with Crippen LogP contribution in [-0.2, 0) is 9.59 Å². The summed E-state index contributed by atoms with van der Waals surface area (Å²) < 4.78 is 0. The Kier molecular flexibility index (Phi) is 5.00. The molecule has 30 heavy (non-hydrogen) atoms. The molecule has 150 valence electrons. The first-order chi connectivity index (χ1) is 14.4. The lowest BCUT2D eigenvalue weighted by molar-refractivity contribution is -0.132. The number of aliphatic hydroxyl groups is 1. The monoisotopic (exact) mass is 397 g/mol. The number of anilines is 1. The van der Waals surface area contributed by atoms with Gasteiger partial charge in [-0.25, -0.2) is 0 Å². The second kappa shape index (κ2) is 7.64. The van der Waals surface area contributed by atoms with Crippen LogP contribution >= 0.6 is 0 Å². The zero-order chi connectivity index (χ0) is 21.4. The van der Waals surface area contributed by atoms with Gasteiger partial charge in [0.15, 0.2) is 0 Å². The van der Waals surface area contributed by atoms with Crippen LogP contribution in [0.5, 0.6) is 0 Å². The highest BCUT2D eigenvalue weighted by atomic mass is 16.3. The number of Topliss-reactive ketones (excluding diaryl/α,β-unsaturated/α-hetero) is 1. The van der Waals surface area contributed by atoms with Crippen molar-refractivity contribution in [1.29, 1.82) is 0 Å². The fourth-order valence-corrected chi connectivity index (χ4v) is 4.01. The molecular formula is C26H23NO3. The van der Waals surface area contributed by atoms with Crippen LogP contribution in [0, 0.1) is 20.8 Å². The molecule has 1 amide bonds. The predicted octanol–water partition coefficient (Wildman–Crippen LogP) is 5.24. The minimum Gasteiger partial charge on any atom is -0.507 e. The van der Waals surface area contributed by atoms with Crippen LogP contribution in [0.15, 0.2) is 78.4 Å². The van der Waals surface area contributed by atoms with Crippen molar-refractivity contribution in [3.63, 3.8) is 0 Å². The van der Waals surface area contributed by atoms with Gasteiger partial charge in [0.2, 0.25) is 0 Å². The zero-order valence-electron chi connectivity index (χ0n) is 17.2. The number of hydrogen-bond acceptors (Lipinski definition) is 3. The maximum atomic E-state index is 13.1. The quantitative estimate of drug-likeness (QED) is 0.374. The van der Waals surface area contributed by atoms with Gasteiger partial charge in [0.25, 0.3) is 11.7 Å². The van der Waals surface area contributed by atoms with Gasteiger partial charge in [-0.3, -0.25) is 14.5 Å². The Bertz CT molecular complexity index is 1140. The van der Waals surface area contributed by atoms with Crippen molar-refractivity contribution in [2.45, 2.75) is 26.8 Å². The van der Waals surface area contributed by atoms with Gasteiger partial charge in [0.05, 0.1) is 11.6 Å². The number of carbonyl (C=O) groups excluding carboxylic acids is 2. The van der Waals surface area contributed by atoms with Gasteiger partial charge >= 0.3 is 0 Å². The van der Waals surface area contributed by atoms with Crippen LogP contribution in [-0.4, -0.2) is 16.8 Å². The molecule has 0 spiro atoms. The van der Waals surface area contributed by atoms with Crippen molar-refractivity contribution in [2.24, 2.45) is 0 Å². The van der Waals surface area contributed by atoms with Crippen LogP contribution in [0.25, 0.3) is 5.76 Å². The van der Waals surface area contributed by atoms with Crippen LogP contribution < -0.4 is 4.90 Å². The first-order valence-corrected chi connectivity index (χ1v) is 9.88. The van der Waals surface area contributed by atoms with Crippen molar-refractivity contribution in [3.8, 4) is 0 Å². The van der Waals surface area contributed by atoms with Crippen LogP contribution in [0.3, 0.4) is 0 Å². The maximum Gasteiger partial charge on any atom is 0.300 e. The van der Waals surface area contributed by atoms with E-state index < -0.39 is 17.7 Å². The molecule has 3 aromatic rings. The SMILES string of the molecule is Cc1ccc(/C(O)=C2\C(=O)C(=O)N(c3cc(C)cc(C)c3)C2c2ccccc2)cc1. The van der Waals surface area contributed by atoms with E-state index in [4.69, 9.17) is 0 Å². The van der Waals surface area contributed by atoms with E-state index in [9.17, 15) is 14.7 Å². The predicted molar refractivity (Wildman–Crippen MR) is 118 cm³/mol. The Morgan fingerprint density at radius 1 is 0.800 bits per heavy atom. The summed E-state index contributed by atoms with van der Waals surface area (Å²) in [5.41, 5.74) is 5.07. The zero-order valence-corrected chi connectivity index (χ0v) is 17.2. The number of rotatable bonds is 3. The van der Waals surface area contributed by atoms with E-state index in [0.717, 1.165) is 22.3 Å². The summed E-state index contributed by atoms with van der Waals surface area (Å²) in [5.74, 6) is -1.47. The topological polar surface area (TPSA) is 57.6 Å². The highest BCUT2D eigenvalue weighted by Crippen LogP contribution is 2.42. The van der Waals surface area contributed by atoms with Gasteiger partial charge in [0.1, 0.15) is 5.76 Å². The van der Waals surface area contributed by atoms with Crippen molar-refractivity contribution in [1.82, 2.24) is 0 Å². The number of amides is 1. The molecule has 1 saturated heterocycles. The van der Waals surface area contributed by atoms with E-state index in [2.05, 4.69) is 0 Å². The summed E-state index contributed by atoms with van der Waals surface area (Å²) >= 11 is 0. The normalized spacial score (nSPS) is 18.1. The molecule has 0 bridgehead atoms. The average Bonchev–Trinajstić information content (AvgIpc) is 2.99. The second-order valence-electron chi connectivity index (χ2n) is 7.79. The number of aliphatic hydroxyl groups excluding tert-OH is 1. The number of nitrogens with zero attached hydrogens (tertiary/aromatic N) is 1. The Morgan fingerprint density at radius 3 is 2.00 bits per heavy atom. The molecule has 0 radical (unpaired) electrons. The Balaban J connectivity index is 1.96. The molecule has 0 aliphatic carbocycles. The third kappa shape index (κ3) is 3.41. The minimum atomic E-state index is -0.700. The number of hydrogen-bond donors (Lipinski definition) is 1. The molecule has 0 saturated carbocycles. The summed E-state index contributed by atoms with van der Waals surface area (Å²) in [6.07, 6.45) is 0. The third-order valence-electron chi connectivity index (χ3n) is 5.37. The molecule has 4 rings (SSSR count). The van der Waals surface area contributed by atoms with E-state index in [1.54, 1.807) is 12.1 Å². The second-order valence-corrected chi connectivity index (χ2v) is 7.79. The van der Waals surface area contributed by atoms with Crippen molar-refractivity contribution >= 4 is 23.1 Å². The van der Waals surface area contributed by atoms with Crippen LogP contribution in [0.2, 0.25) is 0 Å². The van der Waals surface area contributed by atoms with E-state index in [0.29, 0.717) is 11.3 Å². The molecule has 1 N–H and O–H groups in total. The smallest absolute Gasteiger partial charge is 0.300 e. The van der Waals surface area contributed by atoms with Gasteiger partial charge in [0, 0.05) is 11.3 Å². The molecule has 1 fully saturated rings. The first-order valence-electron chi connectivity index (χ1n) is 9.88. The molecular weight excluding hydrogens is 374 g/mol. The molecule has 1 atom stereocenters. The Morgan fingerprint density at radius 2 is 1.40 bits per heavy atom. The summed E-state index contributed by atoms with van der Waals surface area (Å²) in [6.45, 7) is 5.86. The molecule has 1 aliphatic heterocycles. The van der Waals surface area contributed by atoms with Gasteiger partial charge < -0.3 is 5.11 Å². The molecule has 1 heterocycles. The molecule has 0 aromatic heterocycles. The van der Waals surface area contributed by atoms with Gasteiger partial charge in [-0.2, -0.15) is 0 Å². The van der Waals surface area contributed by atoms with Crippen molar-refractivity contribution in [2.75, 3.05) is 4.90 Å². The van der Waals surface area contributed by atoms with Gasteiger partial charge in [-0.1, -0.05) is 66.2 Å². The highest BCUT2D eigenvalue weighted by Gasteiger charge is 2.46. The lowest BCUT2D eigenvalue weighted by atomic mass is 9.95. The lowest BCUT2D eigenvalue weighted by Gasteiger charge is -2.26.